The Morgan fingerprint density at radius 2 is 2.05 bits per heavy atom. The Bertz CT molecular complexity index is 632. The lowest BCUT2D eigenvalue weighted by Gasteiger charge is -2.16. The molecule has 0 unspecified atom stereocenters. The van der Waals surface area contributed by atoms with Gasteiger partial charge >= 0.3 is 11.9 Å². The lowest BCUT2D eigenvalue weighted by atomic mass is 10.3. The molecule has 1 rings (SSSR count). The second-order valence-electron chi connectivity index (χ2n) is 4.34. The molecule has 0 saturated heterocycles. The maximum atomic E-state index is 12.3. The number of aryl methyl sites for hydroxylation is 1. The number of esters is 1. The summed E-state index contributed by atoms with van der Waals surface area (Å²) in [5, 5.41) is 8.80. The maximum absolute atomic E-state index is 12.3. The van der Waals surface area contributed by atoms with Gasteiger partial charge in [0.1, 0.15) is 10.7 Å². The van der Waals surface area contributed by atoms with Gasteiger partial charge in [0.2, 0.25) is 15.8 Å². The number of aromatic carboxylic acids is 1. The van der Waals surface area contributed by atoms with E-state index in [0.717, 1.165) is 10.4 Å². The molecule has 1 aromatic heterocycles. The third-order valence-corrected chi connectivity index (χ3v) is 4.82. The van der Waals surface area contributed by atoms with Crippen LogP contribution in [0.25, 0.3) is 0 Å². The number of rotatable bonds is 7. The van der Waals surface area contributed by atoms with Gasteiger partial charge in [-0.1, -0.05) is 0 Å². The summed E-state index contributed by atoms with van der Waals surface area (Å²) in [6.07, 6.45) is 0.395. The van der Waals surface area contributed by atoms with Gasteiger partial charge in [-0.05, 0) is 13.3 Å². The zero-order valence-electron chi connectivity index (χ0n) is 12.0. The average molecular weight is 319 g/mol. The van der Waals surface area contributed by atoms with Crippen LogP contribution in [0.1, 0.15) is 29.2 Å². The van der Waals surface area contributed by atoms with Gasteiger partial charge in [0.25, 0.3) is 0 Å². The van der Waals surface area contributed by atoms with E-state index in [1.54, 1.807) is 0 Å². The van der Waals surface area contributed by atoms with E-state index < -0.39 is 27.7 Å². The highest BCUT2D eigenvalue weighted by Crippen LogP contribution is 2.23. The molecule has 0 aromatic carbocycles. The van der Waals surface area contributed by atoms with Gasteiger partial charge in [-0.15, -0.1) is 0 Å². The monoisotopic (exact) mass is 319 g/mol. The van der Waals surface area contributed by atoms with Crippen LogP contribution < -0.4 is 0 Å². The molecule has 118 valence electrons. The molecule has 0 radical (unpaired) electrons. The average Bonchev–Trinajstić information content (AvgIpc) is 2.81. The third-order valence-electron chi connectivity index (χ3n) is 2.85. The Morgan fingerprint density at radius 1 is 1.43 bits per heavy atom. The topological polar surface area (TPSA) is 114 Å². The Hall–Kier alpha value is -1.87. The number of furan rings is 1. The van der Waals surface area contributed by atoms with Gasteiger partial charge in [-0.25, -0.2) is 17.5 Å². The van der Waals surface area contributed by atoms with Crippen molar-refractivity contribution in [2.24, 2.45) is 0 Å². The molecule has 1 heterocycles. The zero-order valence-corrected chi connectivity index (χ0v) is 12.8. The summed E-state index contributed by atoms with van der Waals surface area (Å²) < 4.78 is 35.0. The highest BCUT2D eigenvalue weighted by atomic mass is 32.2. The highest BCUT2D eigenvalue weighted by molar-refractivity contribution is 7.89. The van der Waals surface area contributed by atoms with Crippen molar-refractivity contribution in [3.05, 3.63) is 17.6 Å². The fourth-order valence-electron chi connectivity index (χ4n) is 1.66. The van der Waals surface area contributed by atoms with Crippen molar-refractivity contribution < 1.29 is 32.3 Å². The number of nitrogens with zero attached hydrogens (tertiary/aromatic N) is 1. The molecule has 0 aliphatic carbocycles. The summed E-state index contributed by atoms with van der Waals surface area (Å²) in [6.45, 7) is 1.48. The minimum absolute atomic E-state index is 0.00668. The number of sulfonamides is 1. The molecule has 0 atom stereocenters. The van der Waals surface area contributed by atoms with E-state index in [0.29, 0.717) is 6.42 Å². The summed E-state index contributed by atoms with van der Waals surface area (Å²) >= 11 is 0. The Morgan fingerprint density at radius 3 is 2.52 bits per heavy atom. The predicted molar refractivity (Wildman–Crippen MR) is 71.5 cm³/mol. The summed E-state index contributed by atoms with van der Waals surface area (Å²) in [7, 11) is -1.26. The van der Waals surface area contributed by atoms with Crippen LogP contribution in [0.3, 0.4) is 0 Å². The Balaban J connectivity index is 2.85. The molecule has 0 spiro atoms. The number of hydrogen-bond donors (Lipinski definition) is 1. The van der Waals surface area contributed by atoms with Crippen molar-refractivity contribution in [3.63, 3.8) is 0 Å². The first-order valence-corrected chi connectivity index (χ1v) is 7.51. The van der Waals surface area contributed by atoms with Crippen molar-refractivity contribution in [1.29, 1.82) is 0 Å². The van der Waals surface area contributed by atoms with Crippen molar-refractivity contribution in [1.82, 2.24) is 4.31 Å². The minimum Gasteiger partial charge on any atom is -0.475 e. The van der Waals surface area contributed by atoms with E-state index in [1.807, 2.05) is 0 Å². The van der Waals surface area contributed by atoms with Crippen LogP contribution >= 0.6 is 0 Å². The predicted octanol–water partition coefficient (Wildman–Crippen LogP) is 0.860. The van der Waals surface area contributed by atoms with Crippen molar-refractivity contribution in [2.45, 2.75) is 24.7 Å². The van der Waals surface area contributed by atoms with Gasteiger partial charge in [0, 0.05) is 26.1 Å². The van der Waals surface area contributed by atoms with Crippen LogP contribution in [0.15, 0.2) is 15.4 Å². The van der Waals surface area contributed by atoms with Crippen molar-refractivity contribution >= 4 is 22.0 Å². The van der Waals surface area contributed by atoms with Gasteiger partial charge in [-0.3, -0.25) is 4.79 Å². The largest absolute Gasteiger partial charge is 0.475 e. The minimum atomic E-state index is -3.86. The van der Waals surface area contributed by atoms with Crippen LogP contribution in [0.5, 0.6) is 0 Å². The molecular weight excluding hydrogens is 302 g/mol. The van der Waals surface area contributed by atoms with Gasteiger partial charge in [-0.2, -0.15) is 0 Å². The molecule has 0 bridgehead atoms. The van der Waals surface area contributed by atoms with E-state index in [2.05, 4.69) is 4.74 Å². The SMILES string of the molecule is COC(=O)CCCN(C)S(=O)(=O)c1cc(C(=O)O)oc1C. The number of ether oxygens (including phenoxy) is 1. The second-order valence-corrected chi connectivity index (χ2v) is 6.36. The summed E-state index contributed by atoms with van der Waals surface area (Å²) in [5.41, 5.74) is 0. The van der Waals surface area contributed by atoms with E-state index in [1.165, 1.54) is 21.1 Å². The number of methoxy groups -OCH3 is 1. The van der Waals surface area contributed by atoms with Crippen molar-refractivity contribution in [2.75, 3.05) is 20.7 Å². The quantitative estimate of drug-likeness (QED) is 0.741. The van der Waals surface area contributed by atoms with Crippen LogP contribution in [-0.2, 0) is 19.6 Å². The molecule has 9 heteroatoms. The van der Waals surface area contributed by atoms with Crippen LogP contribution in [0.4, 0.5) is 0 Å². The standard InChI is InChI=1S/C12H17NO7S/c1-8-10(7-9(20-8)12(15)16)21(17,18)13(2)6-4-5-11(14)19-3/h7H,4-6H2,1-3H3,(H,15,16). The lowest BCUT2D eigenvalue weighted by Crippen LogP contribution is -2.28. The fourth-order valence-corrected chi connectivity index (χ4v) is 3.03. The molecular formula is C12H17NO7S. The summed E-state index contributed by atoms with van der Waals surface area (Å²) in [4.78, 5) is 21.6. The van der Waals surface area contributed by atoms with Gasteiger partial charge < -0.3 is 14.3 Å². The smallest absolute Gasteiger partial charge is 0.371 e. The zero-order chi connectivity index (χ0) is 16.2. The number of carbonyl (C=O) groups excluding carboxylic acids is 1. The maximum Gasteiger partial charge on any atom is 0.371 e. The highest BCUT2D eigenvalue weighted by Gasteiger charge is 2.27. The molecule has 0 aliphatic heterocycles. The molecule has 0 amide bonds. The second kappa shape index (κ2) is 6.72. The number of carbonyl (C=O) groups is 2. The first kappa shape index (κ1) is 17.2. The molecule has 21 heavy (non-hydrogen) atoms. The Kier molecular flexibility index (Phi) is 5.50. The van der Waals surface area contributed by atoms with Crippen LogP contribution in [-0.4, -0.2) is 50.5 Å². The molecule has 0 fully saturated rings. The first-order chi connectivity index (χ1) is 9.70. The molecule has 1 aromatic rings. The molecule has 0 aliphatic rings. The number of hydrogen-bond acceptors (Lipinski definition) is 6. The molecule has 0 saturated carbocycles. The summed E-state index contributed by atoms with van der Waals surface area (Å²) in [6, 6.07) is 0.976. The summed E-state index contributed by atoms with van der Waals surface area (Å²) in [5.74, 6) is -2.19. The van der Waals surface area contributed by atoms with Crippen LogP contribution in [0.2, 0.25) is 0 Å². The molecule has 8 nitrogen and oxygen atoms in total. The lowest BCUT2D eigenvalue weighted by molar-refractivity contribution is -0.140. The van der Waals surface area contributed by atoms with E-state index in [9.17, 15) is 18.0 Å². The normalized spacial score (nSPS) is 11.6. The Labute approximate surface area is 122 Å². The number of carboxylic acid groups (broad SMARTS) is 1. The van der Waals surface area contributed by atoms with Gasteiger partial charge in [0.05, 0.1) is 7.11 Å². The number of carboxylic acids is 1. The van der Waals surface area contributed by atoms with E-state index in [4.69, 9.17) is 9.52 Å². The van der Waals surface area contributed by atoms with Gasteiger partial charge in [0.15, 0.2) is 0 Å². The third kappa shape index (κ3) is 4.05. The van der Waals surface area contributed by atoms with E-state index >= 15 is 0 Å². The fraction of sp³-hybridized carbons (Fsp3) is 0.500. The molecule has 1 N–H and O–H groups in total. The van der Waals surface area contributed by atoms with Crippen molar-refractivity contribution in [3.8, 4) is 0 Å². The first-order valence-electron chi connectivity index (χ1n) is 6.07. The van der Waals surface area contributed by atoms with Crippen LogP contribution in [0, 0.1) is 6.92 Å². The van der Waals surface area contributed by atoms with E-state index in [-0.39, 0.29) is 23.6 Å².